The maximum Gasteiger partial charge on any atom is 0.123 e. The molecule has 210 valence electrons. The summed E-state index contributed by atoms with van der Waals surface area (Å²) in [6, 6.07) is 36.9. The van der Waals surface area contributed by atoms with Crippen molar-refractivity contribution in [2.45, 2.75) is 0 Å². The van der Waals surface area contributed by atoms with Gasteiger partial charge in [0.2, 0.25) is 0 Å². The fraction of sp³-hybridized carbons (Fsp3) is 0. The third kappa shape index (κ3) is 5.08. The van der Waals surface area contributed by atoms with Gasteiger partial charge < -0.3 is 9.80 Å². The minimum absolute atomic E-state index is 0.345. The summed E-state index contributed by atoms with van der Waals surface area (Å²) in [4.78, 5) is 3.94. The molecule has 0 spiro atoms. The molecule has 0 aliphatic heterocycles. The lowest BCUT2D eigenvalue weighted by atomic mass is 10.1. The van der Waals surface area contributed by atoms with Gasteiger partial charge in [0.15, 0.2) is 0 Å². The molecule has 0 bridgehead atoms. The number of benzene rings is 6. The van der Waals surface area contributed by atoms with Crippen LogP contribution in [-0.4, -0.2) is 0 Å². The summed E-state index contributed by atoms with van der Waals surface area (Å²) in [5.74, 6) is -1.38. The molecule has 43 heavy (non-hydrogen) atoms. The number of rotatable bonds is 6. The van der Waals surface area contributed by atoms with Crippen LogP contribution in [0.2, 0.25) is 0 Å². The first kappa shape index (κ1) is 26.7. The number of hydrogen-bond acceptors (Lipinski definition) is 3. The van der Waals surface area contributed by atoms with Crippen molar-refractivity contribution in [1.82, 2.24) is 0 Å². The van der Waals surface area contributed by atoms with E-state index in [4.69, 9.17) is 0 Å². The van der Waals surface area contributed by atoms with Crippen molar-refractivity contribution in [2.24, 2.45) is 0 Å². The lowest BCUT2D eigenvalue weighted by Crippen LogP contribution is -2.10. The molecule has 0 N–H and O–H groups in total. The van der Waals surface area contributed by atoms with Crippen LogP contribution in [0.25, 0.3) is 20.2 Å². The predicted molar refractivity (Wildman–Crippen MR) is 169 cm³/mol. The molecule has 0 saturated heterocycles. The van der Waals surface area contributed by atoms with E-state index in [9.17, 15) is 17.6 Å². The summed E-state index contributed by atoms with van der Waals surface area (Å²) < 4.78 is 57.4. The SMILES string of the molecule is Fc1ccc(N(c2ccc(F)cc2)c2ccc3c(c2)sc2c(N(c4ccc(F)cc4)c4ccc(F)cc4)cccc23)cc1. The Morgan fingerprint density at radius 1 is 0.395 bits per heavy atom. The van der Waals surface area contributed by atoms with Gasteiger partial charge in [0, 0.05) is 43.9 Å². The van der Waals surface area contributed by atoms with Crippen LogP contribution >= 0.6 is 11.3 Å². The Hall–Kier alpha value is -5.14. The van der Waals surface area contributed by atoms with Gasteiger partial charge in [0.05, 0.1) is 10.4 Å². The van der Waals surface area contributed by atoms with Crippen LogP contribution in [0.3, 0.4) is 0 Å². The first-order valence-corrected chi connectivity index (χ1v) is 14.3. The Bertz CT molecular complexity index is 1960. The molecule has 7 aromatic rings. The molecule has 1 heterocycles. The van der Waals surface area contributed by atoms with Crippen LogP contribution in [-0.2, 0) is 0 Å². The molecule has 0 fully saturated rings. The van der Waals surface area contributed by atoms with Gasteiger partial charge >= 0.3 is 0 Å². The van der Waals surface area contributed by atoms with Crippen LogP contribution in [0, 0.1) is 23.3 Å². The van der Waals surface area contributed by atoms with Crippen molar-refractivity contribution in [1.29, 1.82) is 0 Å². The fourth-order valence-electron chi connectivity index (χ4n) is 5.32. The van der Waals surface area contributed by atoms with Crippen molar-refractivity contribution in [2.75, 3.05) is 9.80 Å². The number of hydrogen-bond donors (Lipinski definition) is 0. The minimum atomic E-state index is -0.345. The summed E-state index contributed by atoms with van der Waals surface area (Å²) in [6.45, 7) is 0. The first-order chi connectivity index (χ1) is 20.9. The standard InChI is InChI=1S/C36H22F4N2S/c37-23-4-12-27(13-5-23)41(28-14-6-24(38)7-15-28)31-20-21-32-33-2-1-3-34(36(33)43-35(32)22-31)42(29-16-8-25(39)9-17-29)30-18-10-26(40)11-19-30/h1-22H. The average Bonchev–Trinajstić information content (AvgIpc) is 3.40. The Labute approximate surface area is 249 Å². The molecule has 0 amide bonds. The molecule has 7 rings (SSSR count). The second-order valence-electron chi connectivity index (χ2n) is 10.0. The van der Waals surface area contributed by atoms with Crippen LogP contribution in [0.5, 0.6) is 0 Å². The maximum atomic E-state index is 13.9. The molecule has 0 atom stereocenters. The zero-order valence-electron chi connectivity index (χ0n) is 22.5. The van der Waals surface area contributed by atoms with Crippen molar-refractivity contribution in [3.63, 3.8) is 0 Å². The van der Waals surface area contributed by atoms with Gasteiger partial charge in [-0.2, -0.15) is 0 Å². The third-order valence-corrected chi connectivity index (χ3v) is 8.49. The summed E-state index contributed by atoms with van der Waals surface area (Å²) in [5, 5.41) is 2.08. The van der Waals surface area contributed by atoms with Crippen molar-refractivity contribution >= 4 is 65.6 Å². The first-order valence-electron chi connectivity index (χ1n) is 13.5. The van der Waals surface area contributed by atoms with Gasteiger partial charge in [-0.3, -0.25) is 0 Å². The number of halogens is 4. The summed E-state index contributed by atoms with van der Waals surface area (Å²) in [5.41, 5.74) is 4.62. The number of thiophene rings is 1. The molecule has 0 saturated carbocycles. The van der Waals surface area contributed by atoms with E-state index >= 15 is 0 Å². The van der Waals surface area contributed by atoms with Crippen LogP contribution in [0.1, 0.15) is 0 Å². The zero-order valence-corrected chi connectivity index (χ0v) is 23.3. The highest BCUT2D eigenvalue weighted by molar-refractivity contribution is 7.26. The van der Waals surface area contributed by atoms with Gasteiger partial charge in [0.1, 0.15) is 23.3 Å². The van der Waals surface area contributed by atoms with Crippen molar-refractivity contribution in [3.05, 3.63) is 157 Å². The molecule has 0 unspecified atom stereocenters. The number of fused-ring (bicyclic) bond motifs is 3. The molecule has 0 aliphatic rings. The van der Waals surface area contributed by atoms with E-state index in [2.05, 4.69) is 12.1 Å². The van der Waals surface area contributed by atoms with Gasteiger partial charge in [0.25, 0.3) is 0 Å². The third-order valence-electron chi connectivity index (χ3n) is 7.30. The Kier molecular flexibility index (Phi) is 6.80. The number of anilines is 6. The van der Waals surface area contributed by atoms with Gasteiger partial charge in [-0.25, -0.2) is 17.6 Å². The molecule has 0 radical (unpaired) electrons. The largest absolute Gasteiger partial charge is 0.310 e. The number of nitrogens with zero attached hydrogens (tertiary/aromatic N) is 2. The van der Waals surface area contributed by atoms with Crippen molar-refractivity contribution in [3.8, 4) is 0 Å². The molecular weight excluding hydrogens is 568 g/mol. The minimum Gasteiger partial charge on any atom is -0.310 e. The summed E-state index contributed by atoms with van der Waals surface area (Å²) in [7, 11) is 0. The lowest BCUT2D eigenvalue weighted by Gasteiger charge is -2.26. The second-order valence-corrected chi connectivity index (χ2v) is 11.1. The highest BCUT2D eigenvalue weighted by atomic mass is 32.1. The maximum absolute atomic E-state index is 13.9. The van der Waals surface area contributed by atoms with E-state index in [1.54, 1.807) is 59.9 Å². The lowest BCUT2D eigenvalue weighted by molar-refractivity contribution is 0.627. The van der Waals surface area contributed by atoms with E-state index in [0.717, 1.165) is 54.3 Å². The predicted octanol–water partition coefficient (Wildman–Crippen LogP) is 11.6. The molecule has 0 aliphatic carbocycles. The van der Waals surface area contributed by atoms with E-state index in [1.165, 1.54) is 48.5 Å². The van der Waals surface area contributed by atoms with Crippen LogP contribution < -0.4 is 9.80 Å². The van der Waals surface area contributed by atoms with E-state index in [1.807, 2.05) is 34.1 Å². The molecule has 7 heteroatoms. The van der Waals surface area contributed by atoms with Crippen LogP contribution in [0.4, 0.5) is 51.7 Å². The fourth-order valence-corrected chi connectivity index (χ4v) is 6.56. The molecular formula is C36H22F4N2S. The van der Waals surface area contributed by atoms with Gasteiger partial charge in [-0.15, -0.1) is 11.3 Å². The topological polar surface area (TPSA) is 6.48 Å². The monoisotopic (exact) mass is 590 g/mol. The Balaban J connectivity index is 1.40. The smallest absolute Gasteiger partial charge is 0.123 e. The molecule has 1 aromatic heterocycles. The molecule has 6 aromatic carbocycles. The quantitative estimate of drug-likeness (QED) is 0.178. The van der Waals surface area contributed by atoms with Crippen molar-refractivity contribution < 1.29 is 17.6 Å². The molecule has 2 nitrogen and oxygen atoms in total. The second kappa shape index (κ2) is 10.9. The van der Waals surface area contributed by atoms with Crippen LogP contribution in [0.15, 0.2) is 133 Å². The average molecular weight is 591 g/mol. The summed E-state index contributed by atoms with van der Waals surface area (Å²) in [6.07, 6.45) is 0. The highest BCUT2D eigenvalue weighted by Gasteiger charge is 2.20. The van der Waals surface area contributed by atoms with Gasteiger partial charge in [-0.1, -0.05) is 18.2 Å². The van der Waals surface area contributed by atoms with E-state index < -0.39 is 0 Å². The van der Waals surface area contributed by atoms with E-state index in [-0.39, 0.29) is 23.3 Å². The van der Waals surface area contributed by atoms with E-state index in [0.29, 0.717) is 0 Å². The van der Waals surface area contributed by atoms with Gasteiger partial charge in [-0.05, 0) is 115 Å². The highest BCUT2D eigenvalue weighted by Crippen LogP contribution is 2.46. The summed E-state index contributed by atoms with van der Waals surface area (Å²) >= 11 is 1.60. The normalized spacial score (nSPS) is 11.3. The zero-order chi connectivity index (χ0) is 29.5. The Morgan fingerprint density at radius 3 is 1.28 bits per heavy atom. The Morgan fingerprint density at radius 2 is 0.814 bits per heavy atom.